The molecule has 0 saturated carbocycles. The van der Waals surface area contributed by atoms with Gasteiger partial charge in [-0.25, -0.2) is 9.67 Å². The first kappa shape index (κ1) is 15.0. The molecule has 4 aromatic rings. The summed E-state index contributed by atoms with van der Waals surface area (Å²) in [6.45, 7) is 0.523. The molecule has 1 aromatic carbocycles. The molecule has 0 fully saturated rings. The fourth-order valence-electron chi connectivity index (χ4n) is 2.54. The Morgan fingerprint density at radius 3 is 2.84 bits per heavy atom. The highest BCUT2D eigenvalue weighted by atomic mass is 16.1. The van der Waals surface area contributed by atoms with Crippen LogP contribution in [0.5, 0.6) is 0 Å². The Morgan fingerprint density at radius 2 is 1.96 bits per heavy atom. The zero-order valence-corrected chi connectivity index (χ0v) is 13.3. The van der Waals surface area contributed by atoms with Crippen LogP contribution in [-0.2, 0) is 17.9 Å². The number of nitrogens with zero attached hydrogens (tertiary/aromatic N) is 6. The lowest BCUT2D eigenvalue weighted by Crippen LogP contribution is -2.27. The second kappa shape index (κ2) is 6.52. The Kier molecular flexibility index (Phi) is 3.91. The molecule has 1 amide bonds. The maximum atomic E-state index is 12.2. The molecule has 0 spiro atoms. The van der Waals surface area contributed by atoms with E-state index in [1.54, 1.807) is 29.6 Å². The third-order valence-electron chi connectivity index (χ3n) is 3.78. The van der Waals surface area contributed by atoms with Crippen molar-refractivity contribution < 1.29 is 4.79 Å². The van der Waals surface area contributed by atoms with Gasteiger partial charge in [0.05, 0.1) is 35.8 Å². The van der Waals surface area contributed by atoms with E-state index in [1.807, 2.05) is 41.0 Å². The Morgan fingerprint density at radius 1 is 1.12 bits per heavy atom. The Hall–Kier alpha value is -3.55. The molecule has 25 heavy (non-hydrogen) atoms. The molecular formula is C17H15N7O. The fraction of sp³-hybridized carbons (Fsp3) is 0.118. The molecule has 124 valence electrons. The van der Waals surface area contributed by atoms with Gasteiger partial charge >= 0.3 is 0 Å². The van der Waals surface area contributed by atoms with Crippen molar-refractivity contribution in [1.29, 1.82) is 0 Å². The lowest BCUT2D eigenvalue weighted by molar-refractivity contribution is -0.121. The van der Waals surface area contributed by atoms with E-state index in [0.29, 0.717) is 12.2 Å². The number of aromatic nitrogens is 6. The van der Waals surface area contributed by atoms with Crippen molar-refractivity contribution in [3.63, 3.8) is 0 Å². The Bertz CT molecular complexity index is 1010. The molecule has 8 nitrogen and oxygen atoms in total. The first-order valence-electron chi connectivity index (χ1n) is 7.78. The van der Waals surface area contributed by atoms with E-state index in [-0.39, 0.29) is 12.5 Å². The quantitative estimate of drug-likeness (QED) is 0.595. The van der Waals surface area contributed by atoms with Gasteiger partial charge in [0.25, 0.3) is 0 Å². The lowest BCUT2D eigenvalue weighted by atomic mass is 10.3. The molecule has 0 aliphatic rings. The number of pyridine rings is 1. The van der Waals surface area contributed by atoms with E-state index in [2.05, 4.69) is 25.6 Å². The summed E-state index contributed by atoms with van der Waals surface area (Å²) < 4.78 is 3.46. The minimum Gasteiger partial charge on any atom is -0.349 e. The molecule has 3 aromatic heterocycles. The molecule has 4 rings (SSSR count). The van der Waals surface area contributed by atoms with Gasteiger partial charge in [-0.3, -0.25) is 9.78 Å². The van der Waals surface area contributed by atoms with Crippen LogP contribution in [0.2, 0.25) is 0 Å². The largest absolute Gasteiger partial charge is 0.349 e. The van der Waals surface area contributed by atoms with Crippen molar-refractivity contribution in [2.45, 2.75) is 13.1 Å². The van der Waals surface area contributed by atoms with Gasteiger partial charge < -0.3 is 9.88 Å². The van der Waals surface area contributed by atoms with E-state index in [4.69, 9.17) is 0 Å². The van der Waals surface area contributed by atoms with Gasteiger partial charge in [0.2, 0.25) is 5.91 Å². The van der Waals surface area contributed by atoms with Crippen molar-refractivity contribution in [3.8, 4) is 5.69 Å². The molecule has 0 saturated heterocycles. The number of rotatable bonds is 5. The highest BCUT2D eigenvalue weighted by molar-refractivity contribution is 5.80. The van der Waals surface area contributed by atoms with Crippen molar-refractivity contribution >= 4 is 16.9 Å². The van der Waals surface area contributed by atoms with Crippen LogP contribution in [0.25, 0.3) is 16.7 Å². The third-order valence-corrected chi connectivity index (χ3v) is 3.78. The van der Waals surface area contributed by atoms with Gasteiger partial charge in [-0.1, -0.05) is 17.3 Å². The van der Waals surface area contributed by atoms with Crippen LogP contribution in [0.15, 0.2) is 61.3 Å². The predicted molar refractivity (Wildman–Crippen MR) is 90.7 cm³/mol. The van der Waals surface area contributed by atoms with E-state index in [0.717, 1.165) is 16.7 Å². The molecular weight excluding hydrogens is 318 g/mol. The van der Waals surface area contributed by atoms with E-state index < -0.39 is 0 Å². The maximum absolute atomic E-state index is 12.2. The van der Waals surface area contributed by atoms with E-state index >= 15 is 0 Å². The molecule has 0 atom stereocenters. The number of carbonyl (C=O) groups is 1. The normalized spacial score (nSPS) is 10.9. The van der Waals surface area contributed by atoms with Crippen LogP contribution in [-0.4, -0.2) is 35.4 Å². The van der Waals surface area contributed by atoms with Gasteiger partial charge in [0, 0.05) is 12.4 Å². The average molecular weight is 333 g/mol. The highest BCUT2D eigenvalue weighted by Gasteiger charge is 2.08. The van der Waals surface area contributed by atoms with Gasteiger partial charge in [0.1, 0.15) is 12.2 Å². The molecule has 8 heteroatoms. The standard InChI is InChI=1S/C17H15N7O/c25-17(11-23-12-20-15-3-1-2-4-16(15)23)19-9-13-10-24(22-21-13)14-5-7-18-8-6-14/h1-8,10,12H,9,11H2,(H,19,25). The Labute approximate surface area is 143 Å². The summed E-state index contributed by atoms with van der Waals surface area (Å²) in [7, 11) is 0. The van der Waals surface area contributed by atoms with E-state index in [1.165, 1.54) is 0 Å². The molecule has 0 bridgehead atoms. The van der Waals surface area contributed by atoms with Gasteiger partial charge in [-0.05, 0) is 24.3 Å². The summed E-state index contributed by atoms with van der Waals surface area (Å²) in [5, 5.41) is 11.0. The minimum atomic E-state index is -0.110. The van der Waals surface area contributed by atoms with Crippen molar-refractivity contribution in [2.75, 3.05) is 0 Å². The molecule has 3 heterocycles. The number of para-hydroxylation sites is 2. The zero-order chi connectivity index (χ0) is 17.1. The number of fused-ring (bicyclic) bond motifs is 1. The van der Waals surface area contributed by atoms with Crippen LogP contribution < -0.4 is 5.32 Å². The van der Waals surface area contributed by atoms with Crippen LogP contribution in [0.3, 0.4) is 0 Å². The number of carbonyl (C=O) groups excluding carboxylic acids is 1. The number of hydrogen-bond acceptors (Lipinski definition) is 5. The minimum absolute atomic E-state index is 0.110. The van der Waals surface area contributed by atoms with Crippen molar-refractivity contribution in [1.82, 2.24) is 34.8 Å². The maximum Gasteiger partial charge on any atom is 0.240 e. The van der Waals surface area contributed by atoms with E-state index in [9.17, 15) is 4.79 Å². The van der Waals surface area contributed by atoms with Crippen molar-refractivity contribution in [2.24, 2.45) is 0 Å². The second-order valence-electron chi connectivity index (χ2n) is 5.50. The summed E-state index contributed by atoms with van der Waals surface area (Å²) in [4.78, 5) is 20.4. The van der Waals surface area contributed by atoms with Crippen molar-refractivity contribution in [3.05, 3.63) is 67.0 Å². The summed E-state index contributed by atoms with van der Waals surface area (Å²) >= 11 is 0. The predicted octanol–water partition coefficient (Wildman–Crippen LogP) is 1.33. The van der Waals surface area contributed by atoms with Crippen LogP contribution >= 0.6 is 0 Å². The second-order valence-corrected chi connectivity index (χ2v) is 5.50. The first-order valence-corrected chi connectivity index (χ1v) is 7.78. The number of benzene rings is 1. The van der Waals surface area contributed by atoms with Gasteiger partial charge in [-0.15, -0.1) is 5.10 Å². The monoisotopic (exact) mass is 333 g/mol. The molecule has 0 radical (unpaired) electrons. The number of amides is 1. The smallest absolute Gasteiger partial charge is 0.240 e. The molecule has 0 aliphatic heterocycles. The molecule has 1 N–H and O–H groups in total. The summed E-state index contributed by atoms with van der Waals surface area (Å²) in [5.41, 5.74) is 3.35. The average Bonchev–Trinajstić information content (AvgIpc) is 3.28. The van der Waals surface area contributed by atoms with Gasteiger partial charge in [0.15, 0.2) is 0 Å². The summed E-state index contributed by atoms with van der Waals surface area (Å²) in [6.07, 6.45) is 6.83. The highest BCUT2D eigenvalue weighted by Crippen LogP contribution is 2.11. The third kappa shape index (κ3) is 3.23. The zero-order valence-electron chi connectivity index (χ0n) is 13.3. The van der Waals surface area contributed by atoms with Crippen LogP contribution in [0.1, 0.15) is 5.69 Å². The lowest BCUT2D eigenvalue weighted by Gasteiger charge is -2.05. The van der Waals surface area contributed by atoms with Gasteiger partial charge in [-0.2, -0.15) is 0 Å². The Balaban J connectivity index is 1.38. The number of imidazole rings is 1. The number of nitrogens with one attached hydrogen (secondary N) is 1. The summed E-state index contributed by atoms with van der Waals surface area (Å²) in [6, 6.07) is 11.4. The molecule has 0 unspecified atom stereocenters. The topological polar surface area (TPSA) is 90.5 Å². The van der Waals surface area contributed by atoms with Crippen LogP contribution in [0, 0.1) is 0 Å². The fourth-order valence-corrected chi connectivity index (χ4v) is 2.54. The first-order chi connectivity index (χ1) is 12.3. The summed E-state index contributed by atoms with van der Waals surface area (Å²) in [5.74, 6) is -0.110. The SMILES string of the molecule is O=C(Cn1cnc2ccccc21)NCc1cn(-c2ccncc2)nn1. The van der Waals surface area contributed by atoms with Crippen LogP contribution in [0.4, 0.5) is 0 Å². The molecule has 0 aliphatic carbocycles. The number of hydrogen-bond donors (Lipinski definition) is 1.